The predicted molar refractivity (Wildman–Crippen MR) is 92.9 cm³/mol. The van der Waals surface area contributed by atoms with Crippen molar-refractivity contribution in [2.24, 2.45) is 0 Å². The topological polar surface area (TPSA) is 61.4 Å². The molecule has 0 aliphatic heterocycles. The summed E-state index contributed by atoms with van der Waals surface area (Å²) in [5.74, 6) is -0.330. The van der Waals surface area contributed by atoms with Crippen molar-refractivity contribution in [2.75, 3.05) is 7.05 Å². The maximum Gasteiger partial charge on any atom is 0.242 e. The Morgan fingerprint density at radius 3 is 2.17 bits per heavy atom. The van der Waals surface area contributed by atoms with Gasteiger partial charge in [0.2, 0.25) is 11.8 Å². The molecule has 0 aromatic heterocycles. The average Bonchev–Trinajstić information content (AvgIpc) is 2.45. The van der Waals surface area contributed by atoms with E-state index in [-0.39, 0.29) is 23.4 Å². The summed E-state index contributed by atoms with van der Waals surface area (Å²) in [6.07, 6.45) is 0. The second kappa shape index (κ2) is 8.11. The molecule has 23 heavy (non-hydrogen) atoms. The predicted octanol–water partition coefficient (Wildman–Crippen LogP) is 1.93. The van der Waals surface area contributed by atoms with Crippen molar-refractivity contribution in [1.29, 1.82) is 0 Å². The summed E-state index contributed by atoms with van der Waals surface area (Å²) in [4.78, 5) is 26.3. The van der Waals surface area contributed by atoms with Gasteiger partial charge in [-0.2, -0.15) is 0 Å². The van der Waals surface area contributed by atoms with Crippen LogP contribution in [0, 0.1) is 0 Å². The van der Waals surface area contributed by atoms with Crippen molar-refractivity contribution in [3.05, 3.63) is 35.9 Å². The van der Waals surface area contributed by atoms with Crippen molar-refractivity contribution in [2.45, 2.75) is 58.8 Å². The maximum atomic E-state index is 12.3. The Kier molecular flexibility index (Phi) is 6.76. The molecule has 1 rings (SSSR count). The van der Waals surface area contributed by atoms with Gasteiger partial charge in [-0.05, 0) is 47.2 Å². The zero-order chi connectivity index (χ0) is 17.6. The molecular weight excluding hydrogens is 290 g/mol. The molecule has 5 heteroatoms. The molecule has 2 N–H and O–H groups in total. The van der Waals surface area contributed by atoms with Gasteiger partial charge in [0.25, 0.3) is 0 Å². The summed E-state index contributed by atoms with van der Waals surface area (Å²) in [7, 11) is 1.90. The van der Waals surface area contributed by atoms with Crippen molar-refractivity contribution < 1.29 is 9.59 Å². The fraction of sp³-hybridized carbons (Fsp3) is 0.556. The highest BCUT2D eigenvalue weighted by Crippen LogP contribution is 2.06. The number of benzene rings is 1. The van der Waals surface area contributed by atoms with Gasteiger partial charge in [0.05, 0.1) is 6.04 Å². The highest BCUT2D eigenvalue weighted by Gasteiger charge is 2.24. The Balaban J connectivity index is 2.54. The van der Waals surface area contributed by atoms with E-state index in [1.807, 2.05) is 70.0 Å². The molecule has 0 bridgehead atoms. The fourth-order valence-electron chi connectivity index (χ4n) is 2.09. The van der Waals surface area contributed by atoms with E-state index >= 15 is 0 Å². The molecule has 0 saturated heterocycles. The standard InChI is InChI=1S/C18H29N3O2/c1-13(16(22)20-18(3,4)5)19-17(23)14(2)21(6)12-15-10-8-7-9-11-15/h7-11,13-14H,12H2,1-6H3,(H,19,23)(H,20,22). The monoisotopic (exact) mass is 319 g/mol. The second-order valence-electron chi connectivity index (χ2n) is 7.05. The first-order chi connectivity index (χ1) is 10.6. The highest BCUT2D eigenvalue weighted by atomic mass is 16.2. The molecular formula is C18H29N3O2. The minimum absolute atomic E-state index is 0.153. The number of nitrogens with one attached hydrogen (secondary N) is 2. The molecule has 2 atom stereocenters. The summed E-state index contributed by atoms with van der Waals surface area (Å²) in [6, 6.07) is 9.10. The SMILES string of the molecule is CC(NC(=O)C(C)N(C)Cc1ccccc1)C(=O)NC(C)(C)C. The van der Waals surface area contributed by atoms with Gasteiger partial charge < -0.3 is 10.6 Å². The Bertz CT molecular complexity index is 523. The number of hydrogen-bond donors (Lipinski definition) is 2. The summed E-state index contributed by atoms with van der Waals surface area (Å²) in [5.41, 5.74) is 0.833. The Hall–Kier alpha value is -1.88. The van der Waals surface area contributed by atoms with Crippen molar-refractivity contribution in [3.8, 4) is 0 Å². The number of carbonyl (C=O) groups excluding carboxylic acids is 2. The van der Waals surface area contributed by atoms with E-state index in [9.17, 15) is 9.59 Å². The quantitative estimate of drug-likeness (QED) is 0.842. The van der Waals surface area contributed by atoms with Crippen LogP contribution in [-0.2, 0) is 16.1 Å². The van der Waals surface area contributed by atoms with Crippen LogP contribution in [0.25, 0.3) is 0 Å². The molecule has 2 amide bonds. The summed E-state index contributed by atoms with van der Waals surface area (Å²) >= 11 is 0. The number of nitrogens with zero attached hydrogens (tertiary/aromatic N) is 1. The van der Waals surface area contributed by atoms with E-state index in [2.05, 4.69) is 10.6 Å². The van der Waals surface area contributed by atoms with E-state index in [4.69, 9.17) is 0 Å². The lowest BCUT2D eigenvalue weighted by atomic mass is 10.1. The number of hydrogen-bond acceptors (Lipinski definition) is 3. The van der Waals surface area contributed by atoms with Gasteiger partial charge in [0.15, 0.2) is 0 Å². The van der Waals surface area contributed by atoms with Gasteiger partial charge in [-0.3, -0.25) is 14.5 Å². The fourth-order valence-corrected chi connectivity index (χ4v) is 2.09. The smallest absolute Gasteiger partial charge is 0.242 e. The lowest BCUT2D eigenvalue weighted by Crippen LogP contribution is -2.53. The Morgan fingerprint density at radius 1 is 1.09 bits per heavy atom. The van der Waals surface area contributed by atoms with Gasteiger partial charge in [-0.1, -0.05) is 30.3 Å². The molecule has 1 aromatic rings. The maximum absolute atomic E-state index is 12.3. The van der Waals surface area contributed by atoms with Crippen LogP contribution in [0.1, 0.15) is 40.2 Å². The Labute approximate surface area is 139 Å². The van der Waals surface area contributed by atoms with E-state index in [1.165, 1.54) is 0 Å². The van der Waals surface area contributed by atoms with Crippen molar-refractivity contribution >= 4 is 11.8 Å². The van der Waals surface area contributed by atoms with Crippen LogP contribution in [0.15, 0.2) is 30.3 Å². The molecule has 0 saturated carbocycles. The van der Waals surface area contributed by atoms with E-state index < -0.39 is 6.04 Å². The van der Waals surface area contributed by atoms with Gasteiger partial charge in [0.1, 0.15) is 6.04 Å². The Morgan fingerprint density at radius 2 is 1.65 bits per heavy atom. The second-order valence-corrected chi connectivity index (χ2v) is 7.05. The lowest BCUT2D eigenvalue weighted by Gasteiger charge is -2.27. The average molecular weight is 319 g/mol. The first kappa shape index (κ1) is 19.2. The van der Waals surface area contributed by atoms with Crippen LogP contribution in [-0.4, -0.2) is 41.4 Å². The molecule has 1 aromatic carbocycles. The zero-order valence-corrected chi connectivity index (χ0v) is 15.0. The van der Waals surface area contributed by atoms with Crippen LogP contribution in [0.4, 0.5) is 0 Å². The molecule has 0 aliphatic rings. The highest BCUT2D eigenvalue weighted by molar-refractivity contribution is 5.89. The molecule has 0 spiro atoms. The summed E-state index contributed by atoms with van der Waals surface area (Å²) in [5, 5.41) is 5.64. The number of rotatable bonds is 6. The molecule has 0 radical (unpaired) electrons. The van der Waals surface area contributed by atoms with E-state index in [0.717, 1.165) is 5.56 Å². The molecule has 128 valence electrons. The van der Waals surface area contributed by atoms with Gasteiger partial charge in [-0.25, -0.2) is 0 Å². The van der Waals surface area contributed by atoms with E-state index in [0.29, 0.717) is 6.54 Å². The van der Waals surface area contributed by atoms with Crippen molar-refractivity contribution in [3.63, 3.8) is 0 Å². The third-order valence-electron chi connectivity index (χ3n) is 3.57. The van der Waals surface area contributed by atoms with E-state index in [1.54, 1.807) is 6.92 Å². The van der Waals surface area contributed by atoms with Crippen LogP contribution in [0.3, 0.4) is 0 Å². The first-order valence-electron chi connectivity index (χ1n) is 7.96. The third-order valence-corrected chi connectivity index (χ3v) is 3.57. The number of carbonyl (C=O) groups is 2. The van der Waals surface area contributed by atoms with Crippen LogP contribution in [0.2, 0.25) is 0 Å². The molecule has 0 aliphatic carbocycles. The molecule has 5 nitrogen and oxygen atoms in total. The van der Waals surface area contributed by atoms with Gasteiger partial charge in [0, 0.05) is 12.1 Å². The molecule has 0 heterocycles. The molecule has 2 unspecified atom stereocenters. The number of likely N-dealkylation sites (N-methyl/N-ethyl adjacent to an activating group) is 1. The lowest BCUT2D eigenvalue weighted by molar-refractivity contribution is -0.131. The van der Waals surface area contributed by atoms with Crippen LogP contribution < -0.4 is 10.6 Å². The first-order valence-corrected chi connectivity index (χ1v) is 7.96. The van der Waals surface area contributed by atoms with Gasteiger partial charge >= 0.3 is 0 Å². The minimum atomic E-state index is -0.561. The normalized spacial score (nSPS) is 14.2. The summed E-state index contributed by atoms with van der Waals surface area (Å²) in [6.45, 7) is 9.95. The minimum Gasteiger partial charge on any atom is -0.350 e. The zero-order valence-electron chi connectivity index (χ0n) is 15.0. The van der Waals surface area contributed by atoms with Gasteiger partial charge in [-0.15, -0.1) is 0 Å². The van der Waals surface area contributed by atoms with Crippen LogP contribution in [0.5, 0.6) is 0 Å². The summed E-state index contributed by atoms with van der Waals surface area (Å²) < 4.78 is 0. The van der Waals surface area contributed by atoms with Crippen molar-refractivity contribution in [1.82, 2.24) is 15.5 Å². The third kappa shape index (κ3) is 6.82. The largest absolute Gasteiger partial charge is 0.350 e. The molecule has 0 fully saturated rings. The van der Waals surface area contributed by atoms with Crippen LogP contribution >= 0.6 is 0 Å². The number of amides is 2.